The van der Waals surface area contributed by atoms with Crippen LogP contribution in [0.25, 0.3) is 27.5 Å². The Hall–Kier alpha value is -3.50. The number of hydrogen-bond acceptors (Lipinski definition) is 6. The first-order chi connectivity index (χ1) is 12.2. The molecule has 7 nitrogen and oxygen atoms in total. The van der Waals surface area contributed by atoms with Crippen molar-refractivity contribution in [3.05, 3.63) is 53.9 Å². The van der Waals surface area contributed by atoms with Crippen molar-refractivity contribution in [2.75, 3.05) is 12.8 Å². The van der Waals surface area contributed by atoms with Gasteiger partial charge >= 0.3 is 0 Å². The number of nitriles is 1. The number of nitrogen functional groups attached to an aromatic ring is 1. The first-order valence-corrected chi connectivity index (χ1v) is 7.65. The third kappa shape index (κ3) is 2.28. The molecule has 0 spiro atoms. The van der Waals surface area contributed by atoms with Gasteiger partial charge in [-0.1, -0.05) is 42.5 Å². The zero-order chi connectivity index (χ0) is 17.4. The maximum absolute atomic E-state index is 9.12. The monoisotopic (exact) mass is 330 g/mol. The summed E-state index contributed by atoms with van der Waals surface area (Å²) in [6, 6.07) is 16.0. The lowest BCUT2D eigenvalue weighted by Gasteiger charge is -2.07. The van der Waals surface area contributed by atoms with E-state index in [4.69, 9.17) is 15.7 Å². The predicted molar refractivity (Wildman–Crippen MR) is 93.6 cm³/mol. The second-order valence-electron chi connectivity index (χ2n) is 5.56. The number of aromatic nitrogens is 4. The fourth-order valence-corrected chi connectivity index (χ4v) is 3.00. The molecule has 2 aromatic heterocycles. The van der Waals surface area contributed by atoms with Crippen molar-refractivity contribution in [3.8, 4) is 17.2 Å². The van der Waals surface area contributed by atoms with Gasteiger partial charge in [0.25, 0.3) is 0 Å². The minimum absolute atomic E-state index is 0.0448. The van der Waals surface area contributed by atoms with Crippen LogP contribution in [-0.2, 0) is 11.3 Å². The molecule has 2 heterocycles. The number of nitrogens with two attached hydrogens (primary N) is 1. The van der Waals surface area contributed by atoms with Crippen LogP contribution in [0.1, 0.15) is 11.4 Å². The molecule has 0 unspecified atom stereocenters. The van der Waals surface area contributed by atoms with E-state index in [0.717, 1.165) is 21.9 Å². The summed E-state index contributed by atoms with van der Waals surface area (Å²) in [5.74, 6) is 0.163. The van der Waals surface area contributed by atoms with E-state index in [0.29, 0.717) is 17.9 Å². The van der Waals surface area contributed by atoms with Crippen molar-refractivity contribution in [3.63, 3.8) is 0 Å². The highest BCUT2D eigenvalue weighted by molar-refractivity contribution is 6.00. The molecular formula is C18H14N6O. The molecule has 0 aliphatic rings. The van der Waals surface area contributed by atoms with Crippen molar-refractivity contribution < 1.29 is 4.74 Å². The molecule has 25 heavy (non-hydrogen) atoms. The van der Waals surface area contributed by atoms with Gasteiger partial charge in [0.1, 0.15) is 6.07 Å². The lowest BCUT2D eigenvalue weighted by Crippen LogP contribution is -2.06. The van der Waals surface area contributed by atoms with E-state index in [1.54, 1.807) is 7.11 Å². The normalized spacial score (nSPS) is 11.0. The Kier molecular flexibility index (Phi) is 3.52. The average Bonchev–Trinajstić information content (AvgIpc) is 3.01. The molecule has 122 valence electrons. The van der Waals surface area contributed by atoms with Crippen LogP contribution in [-0.4, -0.2) is 26.9 Å². The van der Waals surface area contributed by atoms with Crippen LogP contribution in [0.2, 0.25) is 0 Å². The Morgan fingerprint density at radius 2 is 1.96 bits per heavy atom. The molecule has 7 heteroatoms. The van der Waals surface area contributed by atoms with Crippen molar-refractivity contribution >= 4 is 22.2 Å². The maximum atomic E-state index is 9.12. The summed E-state index contributed by atoms with van der Waals surface area (Å²) in [7, 11) is 1.60. The SMILES string of the molecule is COCc1nn2c(N)c(C#N)nnc2c1-c1cccc2ccccc12. The lowest BCUT2D eigenvalue weighted by molar-refractivity contribution is 0.181. The van der Waals surface area contributed by atoms with E-state index in [1.165, 1.54) is 4.52 Å². The molecule has 0 radical (unpaired) electrons. The third-order valence-corrected chi connectivity index (χ3v) is 4.09. The van der Waals surface area contributed by atoms with E-state index < -0.39 is 0 Å². The van der Waals surface area contributed by atoms with Gasteiger partial charge in [-0.2, -0.15) is 14.9 Å². The van der Waals surface area contributed by atoms with E-state index in [9.17, 15) is 0 Å². The fraction of sp³-hybridized carbons (Fsp3) is 0.111. The Morgan fingerprint density at radius 3 is 2.76 bits per heavy atom. The van der Waals surface area contributed by atoms with Gasteiger partial charge in [-0.05, 0) is 16.3 Å². The highest BCUT2D eigenvalue weighted by atomic mass is 16.5. The van der Waals surface area contributed by atoms with Crippen LogP contribution >= 0.6 is 0 Å². The Labute approximate surface area is 143 Å². The Balaban J connectivity index is 2.11. The molecule has 2 aromatic carbocycles. The third-order valence-electron chi connectivity index (χ3n) is 4.09. The van der Waals surface area contributed by atoms with Crippen LogP contribution in [0.4, 0.5) is 5.82 Å². The Morgan fingerprint density at radius 1 is 1.16 bits per heavy atom. The first-order valence-electron chi connectivity index (χ1n) is 7.65. The first kappa shape index (κ1) is 15.1. The van der Waals surface area contributed by atoms with Crippen molar-refractivity contribution in [1.82, 2.24) is 19.8 Å². The molecular weight excluding hydrogens is 316 g/mol. The molecule has 4 aromatic rings. The number of ether oxygens (including phenoxy) is 1. The summed E-state index contributed by atoms with van der Waals surface area (Å²) in [5, 5.41) is 23.9. The summed E-state index contributed by atoms with van der Waals surface area (Å²) in [6.07, 6.45) is 0. The lowest BCUT2D eigenvalue weighted by atomic mass is 9.98. The van der Waals surface area contributed by atoms with E-state index in [2.05, 4.69) is 15.3 Å². The predicted octanol–water partition coefficient (Wildman–Crippen LogP) is 2.54. The van der Waals surface area contributed by atoms with Gasteiger partial charge in [0.05, 0.1) is 17.9 Å². The number of benzene rings is 2. The molecule has 0 aliphatic carbocycles. The van der Waals surface area contributed by atoms with E-state index in [1.807, 2.05) is 48.5 Å². The molecule has 0 bridgehead atoms. The summed E-state index contributed by atoms with van der Waals surface area (Å²) < 4.78 is 6.75. The highest BCUT2D eigenvalue weighted by Crippen LogP contribution is 2.34. The number of rotatable bonds is 3. The van der Waals surface area contributed by atoms with Crippen LogP contribution in [0.5, 0.6) is 0 Å². The molecule has 4 rings (SSSR count). The largest absolute Gasteiger partial charge is 0.381 e. The smallest absolute Gasteiger partial charge is 0.205 e. The van der Waals surface area contributed by atoms with Crippen LogP contribution in [0.15, 0.2) is 42.5 Å². The minimum Gasteiger partial charge on any atom is -0.381 e. The van der Waals surface area contributed by atoms with Gasteiger partial charge in [-0.25, -0.2) is 0 Å². The van der Waals surface area contributed by atoms with Gasteiger partial charge < -0.3 is 10.5 Å². The number of anilines is 1. The van der Waals surface area contributed by atoms with Crippen molar-refractivity contribution in [2.45, 2.75) is 6.61 Å². The minimum atomic E-state index is 0.0448. The second-order valence-corrected chi connectivity index (χ2v) is 5.56. The zero-order valence-electron chi connectivity index (χ0n) is 13.5. The van der Waals surface area contributed by atoms with Crippen LogP contribution in [0.3, 0.4) is 0 Å². The summed E-state index contributed by atoms with van der Waals surface area (Å²) in [4.78, 5) is 0. The number of methoxy groups -OCH3 is 1. The van der Waals surface area contributed by atoms with Gasteiger partial charge in [0, 0.05) is 7.11 Å². The second kappa shape index (κ2) is 5.85. The molecule has 0 saturated heterocycles. The molecule has 2 N–H and O–H groups in total. The molecule has 0 amide bonds. The number of hydrogen-bond donors (Lipinski definition) is 1. The molecule has 0 fully saturated rings. The molecule has 0 saturated carbocycles. The van der Waals surface area contributed by atoms with E-state index >= 15 is 0 Å². The molecule has 0 atom stereocenters. The maximum Gasteiger partial charge on any atom is 0.205 e. The summed E-state index contributed by atoms with van der Waals surface area (Å²) in [5.41, 5.74) is 9.05. The average molecular weight is 330 g/mol. The van der Waals surface area contributed by atoms with Crippen molar-refractivity contribution in [2.24, 2.45) is 0 Å². The topological polar surface area (TPSA) is 102 Å². The van der Waals surface area contributed by atoms with Gasteiger partial charge in [0.15, 0.2) is 11.5 Å². The van der Waals surface area contributed by atoms with Gasteiger partial charge in [-0.15, -0.1) is 10.2 Å². The summed E-state index contributed by atoms with van der Waals surface area (Å²) in [6.45, 7) is 0.295. The standard InChI is InChI=1S/C18H14N6O/c1-25-10-15-16(13-8-4-6-11-5-2-3-7-12(11)13)18-22-21-14(9-19)17(20)24(18)23-15/h2-8H,10,20H2,1H3. The number of fused-ring (bicyclic) bond motifs is 2. The quantitative estimate of drug-likeness (QED) is 0.619. The van der Waals surface area contributed by atoms with Crippen LogP contribution < -0.4 is 5.73 Å². The highest BCUT2D eigenvalue weighted by Gasteiger charge is 2.21. The van der Waals surface area contributed by atoms with Crippen LogP contribution in [0, 0.1) is 11.3 Å². The Bertz CT molecular complexity index is 1140. The van der Waals surface area contributed by atoms with Gasteiger partial charge in [-0.3, -0.25) is 0 Å². The zero-order valence-corrected chi connectivity index (χ0v) is 13.5. The summed E-state index contributed by atoms with van der Waals surface area (Å²) >= 11 is 0. The van der Waals surface area contributed by atoms with E-state index in [-0.39, 0.29) is 11.5 Å². The van der Waals surface area contributed by atoms with Crippen molar-refractivity contribution in [1.29, 1.82) is 5.26 Å². The fourth-order valence-electron chi connectivity index (χ4n) is 3.00. The molecule has 0 aliphatic heterocycles. The van der Waals surface area contributed by atoms with Gasteiger partial charge in [0.2, 0.25) is 5.69 Å². The number of nitrogens with zero attached hydrogens (tertiary/aromatic N) is 5.